The summed E-state index contributed by atoms with van der Waals surface area (Å²) in [5.74, 6) is 0.484. The summed E-state index contributed by atoms with van der Waals surface area (Å²) in [6, 6.07) is 2.14. The molecule has 2 aliphatic rings. The smallest absolute Gasteiger partial charge is 0.269 e. The first kappa shape index (κ1) is 18.4. The Labute approximate surface area is 152 Å². The largest absolute Gasteiger partial charge is 0.383 e. The number of aryl methyl sites for hydroxylation is 1. The van der Waals surface area contributed by atoms with Crippen LogP contribution in [0.1, 0.15) is 48.4 Å². The van der Waals surface area contributed by atoms with Gasteiger partial charge in [0.15, 0.2) is 0 Å². The molecule has 8 heteroatoms. The second-order valence-corrected chi connectivity index (χ2v) is 7.03. The normalized spacial score (nSPS) is 20.8. The van der Waals surface area contributed by atoms with Crippen LogP contribution in [0.4, 0.5) is 0 Å². The van der Waals surface area contributed by atoms with Gasteiger partial charge in [0.25, 0.3) is 5.91 Å². The predicted octanol–water partition coefficient (Wildman–Crippen LogP) is 0.774. The average molecular weight is 359 g/mol. The number of nitrogens with zero attached hydrogens (tertiary/aromatic N) is 3. The second kappa shape index (κ2) is 7.87. The molecule has 1 aliphatic carbocycles. The van der Waals surface area contributed by atoms with Crippen LogP contribution in [0.15, 0.2) is 6.20 Å². The van der Waals surface area contributed by atoms with Gasteiger partial charge < -0.3 is 19.9 Å². The van der Waals surface area contributed by atoms with Crippen molar-refractivity contribution in [1.82, 2.24) is 20.2 Å². The number of hydrogen-bond acceptors (Lipinski definition) is 5. The van der Waals surface area contributed by atoms with E-state index in [1.165, 1.54) is 0 Å². The Kier molecular flexibility index (Phi) is 5.57. The standard InChI is InChI=1S/C18H25N5O3/c1-26-9-8-20-16(24)14-10-21-15-5-4-13(11-23(14)15)22-17(25)18(12-19)6-2-3-7-18/h10,13H,2-9,11H2,1H3,(H,20,24)(H,22,25). The van der Waals surface area contributed by atoms with Crippen LogP contribution < -0.4 is 10.6 Å². The van der Waals surface area contributed by atoms with E-state index in [4.69, 9.17) is 4.74 Å². The average Bonchev–Trinajstić information content (AvgIpc) is 3.29. The molecule has 1 aromatic rings. The molecule has 0 saturated heterocycles. The molecule has 1 fully saturated rings. The number of carbonyl (C=O) groups excluding carboxylic acids is 2. The van der Waals surface area contributed by atoms with Crippen molar-refractivity contribution in [2.45, 2.75) is 51.1 Å². The number of methoxy groups -OCH3 is 1. The highest BCUT2D eigenvalue weighted by molar-refractivity contribution is 5.92. The van der Waals surface area contributed by atoms with Gasteiger partial charge >= 0.3 is 0 Å². The third-order valence-corrected chi connectivity index (χ3v) is 5.32. The first-order valence-corrected chi connectivity index (χ1v) is 9.13. The fourth-order valence-electron chi connectivity index (χ4n) is 3.78. The lowest BCUT2D eigenvalue weighted by atomic mass is 9.86. The van der Waals surface area contributed by atoms with E-state index in [-0.39, 0.29) is 17.9 Å². The predicted molar refractivity (Wildman–Crippen MR) is 93.2 cm³/mol. The van der Waals surface area contributed by atoms with E-state index in [9.17, 15) is 14.9 Å². The van der Waals surface area contributed by atoms with Crippen molar-refractivity contribution >= 4 is 11.8 Å². The summed E-state index contributed by atoms with van der Waals surface area (Å²) in [5.41, 5.74) is -0.388. The molecular formula is C18H25N5O3. The summed E-state index contributed by atoms with van der Waals surface area (Å²) < 4.78 is 6.81. The van der Waals surface area contributed by atoms with Gasteiger partial charge in [-0.2, -0.15) is 5.26 Å². The van der Waals surface area contributed by atoms with Gasteiger partial charge in [-0.1, -0.05) is 12.8 Å². The molecular weight excluding hydrogens is 334 g/mol. The summed E-state index contributed by atoms with van der Waals surface area (Å²) in [6.45, 7) is 1.37. The van der Waals surface area contributed by atoms with Crippen molar-refractivity contribution in [2.75, 3.05) is 20.3 Å². The molecule has 1 aromatic heterocycles. The number of nitriles is 1. The van der Waals surface area contributed by atoms with Crippen molar-refractivity contribution in [3.8, 4) is 6.07 Å². The van der Waals surface area contributed by atoms with E-state index < -0.39 is 5.41 Å². The van der Waals surface area contributed by atoms with Crippen molar-refractivity contribution < 1.29 is 14.3 Å². The van der Waals surface area contributed by atoms with Crippen molar-refractivity contribution in [3.63, 3.8) is 0 Å². The molecule has 8 nitrogen and oxygen atoms in total. The maximum Gasteiger partial charge on any atom is 0.269 e. The molecule has 140 valence electrons. The summed E-state index contributed by atoms with van der Waals surface area (Å²) in [4.78, 5) is 29.3. The Morgan fingerprint density at radius 1 is 1.46 bits per heavy atom. The second-order valence-electron chi connectivity index (χ2n) is 7.03. The lowest BCUT2D eigenvalue weighted by Gasteiger charge is -2.29. The Morgan fingerprint density at radius 3 is 2.92 bits per heavy atom. The van der Waals surface area contributed by atoms with Gasteiger partial charge in [0.2, 0.25) is 5.91 Å². The first-order valence-electron chi connectivity index (χ1n) is 9.13. The van der Waals surface area contributed by atoms with E-state index in [2.05, 4.69) is 21.7 Å². The van der Waals surface area contributed by atoms with Gasteiger partial charge in [0, 0.05) is 32.7 Å². The van der Waals surface area contributed by atoms with Crippen molar-refractivity contribution in [2.24, 2.45) is 5.41 Å². The molecule has 1 unspecified atom stereocenters. The monoisotopic (exact) mass is 359 g/mol. The molecule has 3 rings (SSSR count). The molecule has 2 N–H and O–H groups in total. The molecule has 1 atom stereocenters. The minimum Gasteiger partial charge on any atom is -0.383 e. The zero-order valence-electron chi connectivity index (χ0n) is 15.1. The van der Waals surface area contributed by atoms with E-state index in [1.54, 1.807) is 13.3 Å². The topological polar surface area (TPSA) is 109 Å². The van der Waals surface area contributed by atoms with Crippen LogP contribution in [0.5, 0.6) is 0 Å². The van der Waals surface area contributed by atoms with E-state index >= 15 is 0 Å². The molecule has 26 heavy (non-hydrogen) atoms. The van der Waals surface area contributed by atoms with Crippen molar-refractivity contribution in [3.05, 3.63) is 17.7 Å². The summed E-state index contributed by atoms with van der Waals surface area (Å²) in [5, 5.41) is 15.3. The molecule has 2 amide bonds. The highest BCUT2D eigenvalue weighted by Gasteiger charge is 2.42. The first-order chi connectivity index (χ1) is 12.6. The highest BCUT2D eigenvalue weighted by atomic mass is 16.5. The minimum atomic E-state index is -0.879. The van der Waals surface area contributed by atoms with Gasteiger partial charge in [-0.15, -0.1) is 0 Å². The molecule has 1 saturated carbocycles. The zero-order chi connectivity index (χ0) is 18.6. The quantitative estimate of drug-likeness (QED) is 0.729. The molecule has 0 bridgehead atoms. The Morgan fingerprint density at radius 2 is 2.23 bits per heavy atom. The molecule has 0 spiro atoms. The number of fused-ring (bicyclic) bond motifs is 1. The van der Waals surface area contributed by atoms with Crippen LogP contribution in [-0.2, 0) is 22.5 Å². The number of ether oxygens (including phenoxy) is 1. The Balaban J connectivity index is 1.65. The molecule has 0 aromatic carbocycles. The van der Waals surface area contributed by atoms with Gasteiger partial charge in [-0.25, -0.2) is 4.98 Å². The lowest BCUT2D eigenvalue weighted by Crippen LogP contribution is -2.47. The maximum atomic E-state index is 12.7. The Bertz CT molecular complexity index is 715. The number of rotatable bonds is 6. The molecule has 2 heterocycles. The van der Waals surface area contributed by atoms with Crippen LogP contribution in [0.3, 0.4) is 0 Å². The van der Waals surface area contributed by atoms with Gasteiger partial charge in [0.1, 0.15) is 16.9 Å². The van der Waals surface area contributed by atoms with Crippen LogP contribution in [-0.4, -0.2) is 47.7 Å². The van der Waals surface area contributed by atoms with Crippen molar-refractivity contribution in [1.29, 1.82) is 5.26 Å². The van der Waals surface area contributed by atoms with E-state index in [0.29, 0.717) is 44.7 Å². The number of carbonyl (C=O) groups is 2. The van der Waals surface area contributed by atoms with Gasteiger partial charge in [-0.3, -0.25) is 9.59 Å². The lowest BCUT2D eigenvalue weighted by molar-refractivity contribution is -0.128. The summed E-state index contributed by atoms with van der Waals surface area (Å²) in [7, 11) is 1.58. The highest BCUT2D eigenvalue weighted by Crippen LogP contribution is 2.37. The van der Waals surface area contributed by atoms with Crippen LogP contribution >= 0.6 is 0 Å². The van der Waals surface area contributed by atoms with Gasteiger partial charge in [0.05, 0.1) is 18.9 Å². The SMILES string of the molecule is COCCNC(=O)c1cnc2n1CC(NC(=O)C1(C#N)CCCC1)CC2. The number of nitrogens with one attached hydrogen (secondary N) is 2. The third-order valence-electron chi connectivity index (χ3n) is 5.32. The fourth-order valence-corrected chi connectivity index (χ4v) is 3.78. The molecule has 1 aliphatic heterocycles. The summed E-state index contributed by atoms with van der Waals surface area (Å²) in [6.07, 6.45) is 6.13. The maximum absolute atomic E-state index is 12.7. The van der Waals surface area contributed by atoms with Crippen LogP contribution in [0.2, 0.25) is 0 Å². The zero-order valence-corrected chi connectivity index (χ0v) is 15.1. The minimum absolute atomic E-state index is 0.0967. The van der Waals surface area contributed by atoms with Gasteiger partial charge in [-0.05, 0) is 19.3 Å². The summed E-state index contributed by atoms with van der Waals surface area (Å²) >= 11 is 0. The number of aromatic nitrogens is 2. The fraction of sp³-hybridized carbons (Fsp3) is 0.667. The van der Waals surface area contributed by atoms with E-state index in [1.807, 2.05) is 4.57 Å². The van der Waals surface area contributed by atoms with Crippen LogP contribution in [0.25, 0.3) is 0 Å². The number of amides is 2. The third kappa shape index (κ3) is 3.58. The van der Waals surface area contributed by atoms with Crippen LogP contribution in [0, 0.1) is 16.7 Å². The molecule has 0 radical (unpaired) electrons. The number of imidazole rings is 1. The number of hydrogen-bond donors (Lipinski definition) is 2. The van der Waals surface area contributed by atoms with E-state index in [0.717, 1.165) is 25.1 Å². The Hall–Kier alpha value is -2.40.